The molecule has 0 aromatic carbocycles. The van der Waals surface area contributed by atoms with Gasteiger partial charge in [0.25, 0.3) is 10.1 Å². The maximum Gasteiger partial charge on any atom is 0.330 e. The minimum absolute atomic E-state index is 0.0125. The maximum absolute atomic E-state index is 11.5. The average Bonchev–Trinajstić information content (AvgIpc) is 2.26. The Hall–Kier alpha value is -0.380. The third-order valence-corrected chi connectivity index (χ3v) is 4.95. The van der Waals surface area contributed by atoms with Crippen LogP contribution < -0.4 is 0 Å². The van der Waals surface area contributed by atoms with Crippen molar-refractivity contribution in [3.63, 3.8) is 0 Å². The van der Waals surface area contributed by atoms with E-state index in [1.54, 1.807) is 0 Å². The van der Waals surface area contributed by atoms with E-state index in [0.29, 0.717) is 0 Å². The molecular weight excluding hydrogens is 255 g/mol. The first-order chi connectivity index (χ1) is 7.39. The summed E-state index contributed by atoms with van der Waals surface area (Å²) in [4.78, 5) is 0. The summed E-state index contributed by atoms with van der Waals surface area (Å²) in [5.41, 5.74) is 0. The lowest BCUT2D eigenvalue weighted by Crippen LogP contribution is -2.12. The Bertz CT molecular complexity index is 374. The largest absolute Gasteiger partial charge is 0.330 e. The molecule has 0 aromatic rings. The molecule has 0 rings (SSSR count). The molecule has 0 heterocycles. The molecule has 0 atom stereocenters. The summed E-state index contributed by atoms with van der Waals surface area (Å²) >= 11 is 0. The standard InChI is InChI=1S/C8H15O6PS/c1-4-6-14-16(10,11)8-5-7-15(9,12-2)13-3/h1H,5-8H2,2-3H3. The Morgan fingerprint density at radius 3 is 2.31 bits per heavy atom. The zero-order chi connectivity index (χ0) is 12.7. The van der Waals surface area contributed by atoms with Gasteiger partial charge in [0.1, 0.15) is 6.61 Å². The van der Waals surface area contributed by atoms with Crippen LogP contribution in [0.4, 0.5) is 0 Å². The van der Waals surface area contributed by atoms with Gasteiger partial charge in [0.05, 0.1) is 11.9 Å². The van der Waals surface area contributed by atoms with Gasteiger partial charge in [-0.2, -0.15) is 8.42 Å². The van der Waals surface area contributed by atoms with Crippen LogP contribution in [0.25, 0.3) is 0 Å². The van der Waals surface area contributed by atoms with Crippen molar-refractivity contribution in [3.8, 4) is 12.3 Å². The van der Waals surface area contributed by atoms with Gasteiger partial charge in [-0.05, 0) is 6.42 Å². The highest BCUT2D eigenvalue weighted by atomic mass is 32.2. The predicted molar refractivity (Wildman–Crippen MR) is 59.7 cm³/mol. The molecule has 0 aliphatic carbocycles. The van der Waals surface area contributed by atoms with E-state index in [1.807, 2.05) is 5.92 Å². The van der Waals surface area contributed by atoms with Gasteiger partial charge in [-0.1, -0.05) is 5.92 Å². The first-order valence-electron chi connectivity index (χ1n) is 4.40. The van der Waals surface area contributed by atoms with Gasteiger partial charge in [0.2, 0.25) is 0 Å². The van der Waals surface area contributed by atoms with Crippen molar-refractivity contribution < 1.29 is 26.2 Å². The second-order valence-corrected chi connectivity index (χ2v) is 6.94. The highest BCUT2D eigenvalue weighted by Gasteiger charge is 2.22. The van der Waals surface area contributed by atoms with Crippen LogP contribution in [0.15, 0.2) is 0 Å². The van der Waals surface area contributed by atoms with Crippen molar-refractivity contribution >= 4 is 17.7 Å². The van der Waals surface area contributed by atoms with Gasteiger partial charge in [-0.25, -0.2) is 0 Å². The molecule has 0 spiro atoms. The molecule has 94 valence electrons. The summed E-state index contributed by atoms with van der Waals surface area (Å²) in [6, 6.07) is 0. The molecular formula is C8H15O6PS. The summed E-state index contributed by atoms with van der Waals surface area (Å²) in [6.07, 6.45) is 4.98. The van der Waals surface area contributed by atoms with Crippen LogP contribution in [0, 0.1) is 12.3 Å². The van der Waals surface area contributed by atoms with Crippen molar-refractivity contribution in [1.29, 1.82) is 0 Å². The predicted octanol–water partition coefficient (Wildman–Crippen LogP) is 0.842. The maximum atomic E-state index is 11.5. The van der Waals surface area contributed by atoms with Gasteiger partial charge in [0.15, 0.2) is 0 Å². The molecule has 0 saturated heterocycles. The van der Waals surface area contributed by atoms with Crippen LogP contribution in [-0.2, 0) is 27.9 Å². The molecule has 8 heteroatoms. The summed E-state index contributed by atoms with van der Waals surface area (Å²) in [6.45, 7) is -0.297. The molecule has 16 heavy (non-hydrogen) atoms. The Morgan fingerprint density at radius 1 is 1.31 bits per heavy atom. The monoisotopic (exact) mass is 270 g/mol. The highest BCUT2D eigenvalue weighted by molar-refractivity contribution is 7.86. The Kier molecular flexibility index (Phi) is 6.88. The van der Waals surface area contributed by atoms with E-state index in [0.717, 1.165) is 0 Å². The first-order valence-corrected chi connectivity index (χ1v) is 7.71. The van der Waals surface area contributed by atoms with Crippen molar-refractivity contribution in [2.24, 2.45) is 0 Å². The van der Waals surface area contributed by atoms with Crippen LogP contribution in [0.1, 0.15) is 6.42 Å². The molecule has 6 nitrogen and oxygen atoms in total. The third kappa shape index (κ3) is 6.26. The molecule has 0 fully saturated rings. The molecule has 0 saturated carbocycles. The van der Waals surface area contributed by atoms with Gasteiger partial charge in [0, 0.05) is 14.2 Å². The zero-order valence-corrected chi connectivity index (χ0v) is 10.9. The van der Waals surface area contributed by atoms with E-state index in [2.05, 4.69) is 13.2 Å². The molecule has 0 radical (unpaired) electrons. The molecule has 0 unspecified atom stereocenters. The lowest BCUT2D eigenvalue weighted by Gasteiger charge is -2.12. The second kappa shape index (κ2) is 7.05. The quantitative estimate of drug-likeness (QED) is 0.369. The fourth-order valence-electron chi connectivity index (χ4n) is 0.875. The molecule has 0 aromatic heterocycles. The van der Waals surface area contributed by atoms with Gasteiger partial charge >= 0.3 is 7.60 Å². The summed E-state index contributed by atoms with van der Waals surface area (Å²) in [5, 5.41) is 0. The topological polar surface area (TPSA) is 78.9 Å². The van der Waals surface area contributed by atoms with Crippen LogP contribution in [0.3, 0.4) is 0 Å². The SMILES string of the molecule is C#CCOS(=O)(=O)CCCP(=O)(OC)OC. The average molecular weight is 270 g/mol. The van der Waals surface area contributed by atoms with E-state index >= 15 is 0 Å². The van der Waals surface area contributed by atoms with Crippen LogP contribution in [0.5, 0.6) is 0 Å². The smallest absolute Gasteiger partial charge is 0.312 e. The number of hydrogen-bond donors (Lipinski definition) is 0. The number of terminal acetylenes is 1. The molecule has 0 amide bonds. The van der Waals surface area contributed by atoms with Crippen molar-refractivity contribution in [3.05, 3.63) is 0 Å². The van der Waals surface area contributed by atoms with Crippen molar-refractivity contribution in [1.82, 2.24) is 0 Å². The van der Waals surface area contributed by atoms with Gasteiger partial charge in [-0.15, -0.1) is 6.42 Å². The molecule has 0 N–H and O–H groups in total. The Balaban J connectivity index is 4.08. The normalized spacial score (nSPS) is 12.3. The highest BCUT2D eigenvalue weighted by Crippen LogP contribution is 2.46. The van der Waals surface area contributed by atoms with Crippen molar-refractivity contribution in [2.75, 3.05) is 32.7 Å². The molecule has 0 aliphatic rings. The van der Waals surface area contributed by atoms with E-state index in [1.165, 1.54) is 14.2 Å². The van der Waals surface area contributed by atoms with Crippen LogP contribution in [0.2, 0.25) is 0 Å². The molecule has 0 aliphatic heterocycles. The Morgan fingerprint density at radius 2 is 1.88 bits per heavy atom. The number of hydrogen-bond acceptors (Lipinski definition) is 6. The number of rotatable bonds is 8. The van der Waals surface area contributed by atoms with Crippen LogP contribution >= 0.6 is 7.60 Å². The summed E-state index contributed by atoms with van der Waals surface area (Å²) < 4.78 is 47.6. The fraction of sp³-hybridized carbons (Fsp3) is 0.750. The minimum atomic E-state index is -3.66. The van der Waals surface area contributed by atoms with Crippen LogP contribution in [-0.4, -0.2) is 41.2 Å². The van der Waals surface area contributed by atoms with Gasteiger partial charge < -0.3 is 9.05 Å². The lowest BCUT2D eigenvalue weighted by molar-refractivity contribution is 0.275. The lowest BCUT2D eigenvalue weighted by atomic mass is 10.6. The van der Waals surface area contributed by atoms with E-state index in [4.69, 9.17) is 6.42 Å². The summed E-state index contributed by atoms with van der Waals surface area (Å²) in [5.74, 6) is 1.77. The Labute approximate surface area is 95.9 Å². The van der Waals surface area contributed by atoms with E-state index < -0.39 is 17.7 Å². The summed E-state index contributed by atoms with van der Waals surface area (Å²) in [7, 11) is -4.32. The minimum Gasteiger partial charge on any atom is -0.312 e. The fourth-order valence-corrected chi connectivity index (χ4v) is 3.01. The van der Waals surface area contributed by atoms with Gasteiger partial charge in [-0.3, -0.25) is 8.75 Å². The first kappa shape index (κ1) is 15.6. The van der Waals surface area contributed by atoms with Crippen molar-refractivity contribution in [2.45, 2.75) is 6.42 Å². The van der Waals surface area contributed by atoms with E-state index in [-0.39, 0.29) is 24.9 Å². The molecule has 0 bridgehead atoms. The second-order valence-electron chi connectivity index (χ2n) is 2.78. The van der Waals surface area contributed by atoms with E-state index in [9.17, 15) is 13.0 Å². The zero-order valence-electron chi connectivity index (χ0n) is 9.21. The third-order valence-electron chi connectivity index (χ3n) is 1.70.